The number of amides is 1. The standard InChI is InChI=1S/C15H32N2O2/c1-7-14(4,5)19-11-9-8-10-15(6,13(16)18)17-12(2)3/h12,17H,7-11H2,1-6H3,(H2,16,18). The van der Waals surface area contributed by atoms with Crippen LogP contribution in [0.1, 0.15) is 67.2 Å². The van der Waals surface area contributed by atoms with Gasteiger partial charge in [-0.25, -0.2) is 0 Å². The van der Waals surface area contributed by atoms with Crippen molar-refractivity contribution < 1.29 is 9.53 Å². The average Bonchev–Trinajstić information content (AvgIpc) is 2.27. The summed E-state index contributed by atoms with van der Waals surface area (Å²) < 4.78 is 5.80. The molecule has 19 heavy (non-hydrogen) atoms. The third-order valence-electron chi connectivity index (χ3n) is 3.57. The summed E-state index contributed by atoms with van der Waals surface area (Å²) >= 11 is 0. The Hall–Kier alpha value is -0.610. The molecule has 3 N–H and O–H groups in total. The van der Waals surface area contributed by atoms with Crippen LogP contribution in [0.2, 0.25) is 0 Å². The highest BCUT2D eigenvalue weighted by atomic mass is 16.5. The van der Waals surface area contributed by atoms with Gasteiger partial charge in [0.25, 0.3) is 0 Å². The van der Waals surface area contributed by atoms with E-state index in [-0.39, 0.29) is 17.6 Å². The van der Waals surface area contributed by atoms with Crippen molar-refractivity contribution in [2.75, 3.05) is 6.61 Å². The van der Waals surface area contributed by atoms with Gasteiger partial charge in [0.2, 0.25) is 5.91 Å². The fourth-order valence-corrected chi connectivity index (χ4v) is 1.93. The van der Waals surface area contributed by atoms with Gasteiger partial charge in [0.1, 0.15) is 0 Å². The number of ether oxygens (including phenoxy) is 1. The first-order valence-corrected chi connectivity index (χ1v) is 7.34. The molecule has 0 aromatic heterocycles. The zero-order valence-electron chi connectivity index (χ0n) is 13.5. The lowest BCUT2D eigenvalue weighted by molar-refractivity contribution is -0.124. The van der Waals surface area contributed by atoms with Crippen molar-refractivity contribution in [1.82, 2.24) is 5.32 Å². The highest BCUT2D eigenvalue weighted by Crippen LogP contribution is 2.17. The zero-order chi connectivity index (χ0) is 15.1. The number of nitrogens with two attached hydrogens (primary N) is 1. The fourth-order valence-electron chi connectivity index (χ4n) is 1.93. The zero-order valence-corrected chi connectivity index (χ0v) is 13.5. The van der Waals surface area contributed by atoms with E-state index in [0.29, 0.717) is 0 Å². The summed E-state index contributed by atoms with van der Waals surface area (Å²) in [6.07, 6.45) is 3.63. The topological polar surface area (TPSA) is 64.3 Å². The average molecular weight is 272 g/mol. The van der Waals surface area contributed by atoms with Crippen LogP contribution >= 0.6 is 0 Å². The van der Waals surface area contributed by atoms with Gasteiger partial charge in [0.15, 0.2) is 0 Å². The maximum absolute atomic E-state index is 11.6. The second-order valence-corrected chi connectivity index (χ2v) is 6.41. The molecule has 0 heterocycles. The predicted molar refractivity (Wildman–Crippen MR) is 80.0 cm³/mol. The van der Waals surface area contributed by atoms with Gasteiger partial charge in [-0.2, -0.15) is 0 Å². The minimum absolute atomic E-state index is 0.0524. The van der Waals surface area contributed by atoms with Gasteiger partial charge in [0, 0.05) is 12.6 Å². The van der Waals surface area contributed by atoms with Gasteiger partial charge < -0.3 is 15.8 Å². The number of nitrogens with one attached hydrogen (secondary N) is 1. The molecule has 0 aliphatic carbocycles. The van der Waals surface area contributed by atoms with E-state index in [1.165, 1.54) is 0 Å². The Morgan fingerprint density at radius 3 is 2.26 bits per heavy atom. The van der Waals surface area contributed by atoms with Crippen molar-refractivity contribution in [3.63, 3.8) is 0 Å². The van der Waals surface area contributed by atoms with E-state index < -0.39 is 5.54 Å². The molecule has 114 valence electrons. The van der Waals surface area contributed by atoms with E-state index in [0.717, 1.165) is 32.3 Å². The second-order valence-electron chi connectivity index (χ2n) is 6.41. The molecule has 0 spiro atoms. The van der Waals surface area contributed by atoms with Crippen molar-refractivity contribution in [3.8, 4) is 0 Å². The fraction of sp³-hybridized carbons (Fsp3) is 0.933. The Morgan fingerprint density at radius 1 is 1.26 bits per heavy atom. The van der Waals surface area contributed by atoms with Crippen LogP contribution in [-0.2, 0) is 9.53 Å². The molecule has 1 atom stereocenters. The summed E-state index contributed by atoms with van der Waals surface area (Å²) in [5.41, 5.74) is 4.82. The normalized spacial score (nSPS) is 15.5. The summed E-state index contributed by atoms with van der Waals surface area (Å²) in [7, 11) is 0. The first-order chi connectivity index (χ1) is 8.63. The van der Waals surface area contributed by atoms with Crippen LogP contribution in [0.15, 0.2) is 0 Å². The minimum Gasteiger partial charge on any atom is -0.376 e. The molecular formula is C15H32N2O2. The van der Waals surface area contributed by atoms with Crippen LogP contribution in [-0.4, -0.2) is 29.7 Å². The number of primary amides is 1. The molecule has 0 rings (SSSR count). The maximum Gasteiger partial charge on any atom is 0.237 e. The smallest absolute Gasteiger partial charge is 0.237 e. The largest absolute Gasteiger partial charge is 0.376 e. The number of carbonyl (C=O) groups is 1. The number of rotatable bonds is 10. The Balaban J connectivity index is 4.05. The molecule has 0 fully saturated rings. The van der Waals surface area contributed by atoms with Crippen LogP contribution in [0.5, 0.6) is 0 Å². The molecule has 4 heteroatoms. The molecule has 0 aromatic rings. The third-order valence-corrected chi connectivity index (χ3v) is 3.57. The lowest BCUT2D eigenvalue weighted by atomic mass is 9.93. The number of unbranched alkanes of at least 4 members (excludes halogenated alkanes) is 1. The van der Waals surface area contributed by atoms with Crippen LogP contribution in [0.25, 0.3) is 0 Å². The number of hydrogen-bond acceptors (Lipinski definition) is 3. The monoisotopic (exact) mass is 272 g/mol. The van der Waals surface area contributed by atoms with Crippen molar-refractivity contribution in [2.24, 2.45) is 5.73 Å². The lowest BCUT2D eigenvalue weighted by Gasteiger charge is -2.30. The Bertz CT molecular complexity index is 277. The maximum atomic E-state index is 11.6. The highest BCUT2D eigenvalue weighted by molar-refractivity contribution is 5.84. The van der Waals surface area contributed by atoms with Gasteiger partial charge in [-0.05, 0) is 60.3 Å². The van der Waals surface area contributed by atoms with Gasteiger partial charge in [-0.15, -0.1) is 0 Å². The SMILES string of the molecule is CCC(C)(C)OCCCCC(C)(NC(C)C)C(N)=O. The van der Waals surface area contributed by atoms with E-state index in [1.54, 1.807) is 0 Å². The van der Waals surface area contributed by atoms with Crippen LogP contribution < -0.4 is 11.1 Å². The molecule has 1 amide bonds. The molecule has 0 aromatic carbocycles. The quantitative estimate of drug-likeness (QED) is 0.601. The summed E-state index contributed by atoms with van der Waals surface area (Å²) in [5, 5.41) is 3.26. The summed E-state index contributed by atoms with van der Waals surface area (Å²) in [6, 6.07) is 0.243. The molecule has 0 aliphatic rings. The van der Waals surface area contributed by atoms with E-state index in [4.69, 9.17) is 10.5 Å². The van der Waals surface area contributed by atoms with E-state index in [9.17, 15) is 4.79 Å². The van der Waals surface area contributed by atoms with Crippen LogP contribution in [0.3, 0.4) is 0 Å². The van der Waals surface area contributed by atoms with E-state index >= 15 is 0 Å². The van der Waals surface area contributed by atoms with Gasteiger partial charge in [0.05, 0.1) is 11.1 Å². The van der Waals surface area contributed by atoms with Gasteiger partial charge >= 0.3 is 0 Å². The Morgan fingerprint density at radius 2 is 1.84 bits per heavy atom. The molecule has 0 saturated heterocycles. The first kappa shape index (κ1) is 18.4. The van der Waals surface area contributed by atoms with E-state index in [1.807, 2.05) is 20.8 Å². The Kier molecular flexibility index (Phi) is 7.60. The van der Waals surface area contributed by atoms with Crippen molar-refractivity contribution in [1.29, 1.82) is 0 Å². The molecule has 0 bridgehead atoms. The molecule has 4 nitrogen and oxygen atoms in total. The van der Waals surface area contributed by atoms with Crippen molar-refractivity contribution >= 4 is 5.91 Å². The summed E-state index contributed by atoms with van der Waals surface area (Å²) in [6.45, 7) is 13.0. The number of hydrogen-bond donors (Lipinski definition) is 2. The number of carbonyl (C=O) groups excluding carboxylic acids is 1. The van der Waals surface area contributed by atoms with Crippen LogP contribution in [0.4, 0.5) is 0 Å². The molecular weight excluding hydrogens is 240 g/mol. The second kappa shape index (κ2) is 7.85. The van der Waals surface area contributed by atoms with Gasteiger partial charge in [-0.1, -0.05) is 6.92 Å². The first-order valence-electron chi connectivity index (χ1n) is 7.34. The molecule has 1 unspecified atom stereocenters. The van der Waals surface area contributed by atoms with Crippen molar-refractivity contribution in [3.05, 3.63) is 0 Å². The highest BCUT2D eigenvalue weighted by Gasteiger charge is 2.30. The van der Waals surface area contributed by atoms with Crippen molar-refractivity contribution in [2.45, 2.75) is 84.4 Å². The predicted octanol–water partition coefficient (Wildman–Crippen LogP) is 2.60. The van der Waals surface area contributed by atoms with Crippen LogP contribution in [0, 0.1) is 0 Å². The molecule has 0 radical (unpaired) electrons. The molecule has 0 saturated carbocycles. The van der Waals surface area contributed by atoms with Gasteiger partial charge in [-0.3, -0.25) is 4.79 Å². The Labute approximate surface area is 118 Å². The van der Waals surface area contributed by atoms with E-state index in [2.05, 4.69) is 26.1 Å². The third kappa shape index (κ3) is 7.53. The molecule has 0 aliphatic heterocycles. The lowest BCUT2D eigenvalue weighted by Crippen LogP contribution is -2.55. The minimum atomic E-state index is -0.617. The summed E-state index contributed by atoms with van der Waals surface area (Å²) in [4.78, 5) is 11.6. The summed E-state index contributed by atoms with van der Waals surface area (Å²) in [5.74, 6) is -0.281.